The summed E-state index contributed by atoms with van der Waals surface area (Å²) >= 11 is 0. The Morgan fingerprint density at radius 1 is 1.17 bits per heavy atom. The van der Waals surface area contributed by atoms with Crippen LogP contribution >= 0.6 is 0 Å². The second kappa shape index (κ2) is 7.58. The van der Waals surface area contributed by atoms with Crippen LogP contribution in [0.1, 0.15) is 78.6 Å². The van der Waals surface area contributed by atoms with Gasteiger partial charge in [0, 0.05) is 30.7 Å². The third-order valence-corrected chi connectivity index (χ3v) is 10.2. The van der Waals surface area contributed by atoms with E-state index in [4.69, 9.17) is 4.84 Å². The van der Waals surface area contributed by atoms with Gasteiger partial charge >= 0.3 is 0 Å². The van der Waals surface area contributed by atoms with E-state index >= 15 is 0 Å². The quantitative estimate of drug-likeness (QED) is 0.684. The Kier molecular flexibility index (Phi) is 5.29. The topological polar surface area (TPSA) is 70.9 Å². The highest BCUT2D eigenvalue weighted by atomic mass is 16.6. The lowest BCUT2D eigenvalue weighted by Crippen LogP contribution is -2.60. The first kappa shape index (κ1) is 20.9. The second-order valence-electron chi connectivity index (χ2n) is 11.4. The van der Waals surface area contributed by atoms with Crippen molar-refractivity contribution in [3.63, 3.8) is 0 Å². The van der Waals surface area contributed by atoms with Gasteiger partial charge < -0.3 is 15.3 Å². The van der Waals surface area contributed by atoms with Crippen LogP contribution < -0.4 is 5.32 Å². The molecule has 0 aromatic heterocycles. The van der Waals surface area contributed by atoms with Gasteiger partial charge in [0.05, 0.1) is 11.8 Å². The molecule has 3 unspecified atom stereocenters. The molecule has 0 aromatic carbocycles. The van der Waals surface area contributed by atoms with Gasteiger partial charge in [-0.1, -0.05) is 25.9 Å². The first-order chi connectivity index (χ1) is 14.4. The van der Waals surface area contributed by atoms with Crippen LogP contribution in [0.4, 0.5) is 0 Å². The zero-order chi connectivity index (χ0) is 21.1. The largest absolute Gasteiger partial charge is 0.393 e. The van der Waals surface area contributed by atoms with E-state index < -0.39 is 0 Å². The van der Waals surface area contributed by atoms with Crippen molar-refractivity contribution >= 4 is 11.5 Å². The van der Waals surface area contributed by atoms with Crippen molar-refractivity contribution in [1.82, 2.24) is 5.32 Å². The summed E-state index contributed by atoms with van der Waals surface area (Å²) in [5, 5.41) is 19.5. The zero-order valence-corrected chi connectivity index (χ0v) is 19.0. The van der Waals surface area contributed by atoms with E-state index in [1.54, 1.807) is 0 Å². The van der Waals surface area contributed by atoms with Crippen molar-refractivity contribution in [2.45, 2.75) is 90.8 Å². The molecule has 1 heterocycles. The van der Waals surface area contributed by atoms with Crippen molar-refractivity contribution in [2.75, 3.05) is 13.1 Å². The van der Waals surface area contributed by atoms with Crippen LogP contribution in [-0.4, -0.2) is 41.9 Å². The number of carbonyl (C=O) groups excluding carboxylic acids is 1. The maximum absolute atomic E-state index is 12.7. The molecule has 5 aliphatic rings. The molecule has 4 saturated carbocycles. The van der Waals surface area contributed by atoms with E-state index in [1.165, 1.54) is 5.71 Å². The number of nitrogens with zero attached hydrogens (tertiary/aromatic N) is 1. The van der Waals surface area contributed by atoms with Gasteiger partial charge in [0.25, 0.3) is 0 Å². The first-order valence-electron chi connectivity index (χ1n) is 12.5. The van der Waals surface area contributed by atoms with Gasteiger partial charge in [-0.25, -0.2) is 0 Å². The minimum atomic E-state index is -0.294. The van der Waals surface area contributed by atoms with E-state index in [-0.39, 0.29) is 29.0 Å². The molecular formula is C25H40N2O3. The fraction of sp³-hybridized carbons (Fsp3) is 0.920. The highest BCUT2D eigenvalue weighted by molar-refractivity contribution is 5.88. The summed E-state index contributed by atoms with van der Waals surface area (Å²) in [6, 6.07) is 0. The Hall–Kier alpha value is -0.940. The molecule has 2 N–H and O–H groups in total. The number of oxime groups is 1. The highest BCUT2D eigenvalue weighted by Gasteiger charge is 2.63. The Bertz CT molecular complexity index is 717. The van der Waals surface area contributed by atoms with Crippen LogP contribution in [0.2, 0.25) is 0 Å². The third-order valence-electron chi connectivity index (χ3n) is 10.2. The summed E-state index contributed by atoms with van der Waals surface area (Å²) in [6.07, 6.45) is 8.88. The summed E-state index contributed by atoms with van der Waals surface area (Å²) in [5.41, 5.74) is 1.20. The minimum Gasteiger partial charge on any atom is -0.393 e. The Morgan fingerprint density at radius 2 is 2.00 bits per heavy atom. The molecule has 5 fully saturated rings. The summed E-state index contributed by atoms with van der Waals surface area (Å²) in [5.74, 6) is 2.67. The van der Waals surface area contributed by atoms with Gasteiger partial charge in [0.15, 0.2) is 0 Å². The zero-order valence-electron chi connectivity index (χ0n) is 19.0. The first-order valence-corrected chi connectivity index (χ1v) is 12.5. The second-order valence-corrected chi connectivity index (χ2v) is 11.4. The fourth-order valence-electron chi connectivity index (χ4n) is 8.65. The number of nitrogens with one attached hydrogen (secondary N) is 1. The lowest BCUT2D eigenvalue weighted by Gasteiger charge is -2.62. The minimum absolute atomic E-state index is 0.126. The molecule has 0 radical (unpaired) electrons. The van der Waals surface area contributed by atoms with Gasteiger partial charge in [0.1, 0.15) is 11.9 Å². The normalized spacial score (nSPS) is 52.1. The fourth-order valence-corrected chi connectivity index (χ4v) is 8.65. The van der Waals surface area contributed by atoms with E-state index in [0.717, 1.165) is 70.9 Å². The molecule has 1 aliphatic heterocycles. The van der Waals surface area contributed by atoms with E-state index in [2.05, 4.69) is 31.2 Å². The standard InChI is InChI=1S/C25H40N2O3/c1-4-16-20(27-30-15-9-12-26-14-15)8-11-25(3)19-7-10-24(2)18(5-6-22(24)29)17(19)13-21(28)23(16)25/h15-19,21,23,26,28H,4-14H2,1-3H3/b27-20+/t15-,16?,17+,18+,19-,21?,23?,24+,25-/m1/s1. The van der Waals surface area contributed by atoms with E-state index in [0.29, 0.717) is 29.5 Å². The van der Waals surface area contributed by atoms with Crippen molar-refractivity contribution in [3.8, 4) is 0 Å². The predicted octanol–water partition coefficient (Wildman–Crippen LogP) is 3.94. The van der Waals surface area contributed by atoms with E-state index in [1.807, 2.05) is 0 Å². The number of Topliss-reactive ketones (excluding diaryl/α,β-unsaturated/α-hetero) is 1. The third kappa shape index (κ3) is 3.02. The number of fused-ring (bicyclic) bond motifs is 5. The molecule has 5 heteroatoms. The number of hydrogen-bond acceptors (Lipinski definition) is 5. The summed E-state index contributed by atoms with van der Waals surface area (Å²) < 4.78 is 0. The number of rotatable bonds is 3. The van der Waals surface area contributed by atoms with Crippen molar-refractivity contribution in [1.29, 1.82) is 0 Å². The molecule has 5 rings (SSSR count). The van der Waals surface area contributed by atoms with Crippen molar-refractivity contribution in [2.24, 2.45) is 45.6 Å². The number of ketones is 1. The average molecular weight is 417 g/mol. The van der Waals surface area contributed by atoms with Gasteiger partial charge in [0.2, 0.25) is 0 Å². The molecule has 0 amide bonds. The highest BCUT2D eigenvalue weighted by Crippen LogP contribution is 2.66. The molecular weight excluding hydrogens is 376 g/mol. The van der Waals surface area contributed by atoms with Gasteiger partial charge in [-0.05, 0) is 80.6 Å². The Morgan fingerprint density at radius 3 is 2.73 bits per heavy atom. The maximum atomic E-state index is 12.7. The number of hydrogen-bond donors (Lipinski definition) is 2. The number of carbonyl (C=O) groups is 1. The summed E-state index contributed by atoms with van der Waals surface area (Å²) in [4.78, 5) is 18.6. The molecule has 168 valence electrons. The summed E-state index contributed by atoms with van der Waals surface area (Å²) in [6.45, 7) is 8.82. The number of aliphatic hydroxyl groups excluding tert-OH is 1. The van der Waals surface area contributed by atoms with Crippen LogP contribution in [0.3, 0.4) is 0 Å². The van der Waals surface area contributed by atoms with Gasteiger partial charge in [-0.2, -0.15) is 0 Å². The van der Waals surface area contributed by atoms with Crippen molar-refractivity contribution < 1.29 is 14.7 Å². The Labute approximate surface area is 181 Å². The molecule has 5 nitrogen and oxygen atoms in total. The molecule has 0 aromatic rings. The van der Waals surface area contributed by atoms with Gasteiger partial charge in [-0.3, -0.25) is 4.79 Å². The lowest BCUT2D eigenvalue weighted by molar-refractivity contribution is -0.161. The van der Waals surface area contributed by atoms with Gasteiger partial charge in [-0.15, -0.1) is 0 Å². The number of aliphatic hydroxyl groups is 1. The molecule has 0 spiro atoms. The van der Waals surface area contributed by atoms with Crippen LogP contribution in [0, 0.1) is 40.4 Å². The monoisotopic (exact) mass is 416 g/mol. The summed E-state index contributed by atoms with van der Waals surface area (Å²) in [7, 11) is 0. The predicted molar refractivity (Wildman–Crippen MR) is 117 cm³/mol. The maximum Gasteiger partial charge on any atom is 0.141 e. The molecule has 1 saturated heterocycles. The SMILES string of the molecule is CCC1/C(=N/O[C@@H]2CCNC2)CC[C@@]2(C)C1C(O)C[C@@H]1[C@H]2CC[C@]2(C)C(=O)CC[C@@H]12. The Balaban J connectivity index is 1.41. The molecule has 9 atom stereocenters. The van der Waals surface area contributed by atoms with Crippen molar-refractivity contribution in [3.05, 3.63) is 0 Å². The van der Waals surface area contributed by atoms with E-state index in [9.17, 15) is 9.90 Å². The molecule has 30 heavy (non-hydrogen) atoms. The van der Waals surface area contributed by atoms with Crippen LogP contribution in [-0.2, 0) is 9.63 Å². The smallest absolute Gasteiger partial charge is 0.141 e. The molecule has 4 aliphatic carbocycles. The average Bonchev–Trinajstić information content (AvgIpc) is 3.34. The lowest BCUT2D eigenvalue weighted by atomic mass is 9.43. The van der Waals surface area contributed by atoms with Crippen LogP contribution in [0.5, 0.6) is 0 Å². The van der Waals surface area contributed by atoms with Crippen LogP contribution in [0.25, 0.3) is 0 Å². The van der Waals surface area contributed by atoms with Crippen LogP contribution in [0.15, 0.2) is 5.16 Å². The molecule has 0 bridgehead atoms.